The lowest BCUT2D eigenvalue weighted by Crippen LogP contribution is -2.51. The standard InChI is InChI=1S/C15H16N2O3/c1-17(10-12-5-2-4-11(8-12)9-16)13(18)15(14(19)20)6-3-7-15/h2,4-5,8H,3,6-7,10H2,1H3,(H,19,20). The van der Waals surface area contributed by atoms with Crippen molar-refractivity contribution in [3.8, 4) is 6.07 Å². The second-order valence-corrected chi connectivity index (χ2v) is 5.21. The number of benzene rings is 1. The zero-order valence-electron chi connectivity index (χ0n) is 11.3. The van der Waals surface area contributed by atoms with Crippen molar-refractivity contribution < 1.29 is 14.7 Å². The molecule has 1 aliphatic carbocycles. The van der Waals surface area contributed by atoms with E-state index in [1.807, 2.05) is 12.1 Å². The first-order valence-electron chi connectivity index (χ1n) is 6.47. The zero-order valence-corrected chi connectivity index (χ0v) is 11.3. The summed E-state index contributed by atoms with van der Waals surface area (Å²) in [6.07, 6.45) is 1.59. The fourth-order valence-corrected chi connectivity index (χ4v) is 2.50. The summed E-state index contributed by atoms with van der Waals surface area (Å²) >= 11 is 0. The van der Waals surface area contributed by atoms with Gasteiger partial charge in [-0.15, -0.1) is 0 Å². The third-order valence-electron chi connectivity index (χ3n) is 3.85. The Hall–Kier alpha value is -2.35. The molecule has 5 nitrogen and oxygen atoms in total. The number of nitriles is 1. The van der Waals surface area contributed by atoms with Crippen LogP contribution in [0, 0.1) is 16.7 Å². The summed E-state index contributed by atoms with van der Waals surface area (Å²) in [4.78, 5) is 25.1. The van der Waals surface area contributed by atoms with Crippen LogP contribution in [0.4, 0.5) is 0 Å². The summed E-state index contributed by atoms with van der Waals surface area (Å²) in [7, 11) is 1.60. The molecule has 1 aliphatic rings. The number of carbonyl (C=O) groups excluding carboxylic acids is 1. The molecule has 1 aromatic carbocycles. The summed E-state index contributed by atoms with van der Waals surface area (Å²) in [5.41, 5.74) is 0.112. The first-order chi connectivity index (χ1) is 9.49. The summed E-state index contributed by atoms with van der Waals surface area (Å²) in [6, 6.07) is 9.01. The number of aliphatic carboxylic acids is 1. The minimum atomic E-state index is -1.23. The molecule has 20 heavy (non-hydrogen) atoms. The molecule has 0 aromatic heterocycles. The minimum absolute atomic E-state index is 0.309. The predicted octanol–water partition coefficient (Wildman–Crippen LogP) is 1.77. The van der Waals surface area contributed by atoms with Crippen molar-refractivity contribution in [2.45, 2.75) is 25.8 Å². The molecule has 0 radical (unpaired) electrons. The van der Waals surface area contributed by atoms with Crippen LogP contribution in [-0.4, -0.2) is 28.9 Å². The lowest BCUT2D eigenvalue weighted by Gasteiger charge is -2.38. The number of hydrogen-bond acceptors (Lipinski definition) is 3. The van der Waals surface area contributed by atoms with Crippen LogP contribution >= 0.6 is 0 Å². The van der Waals surface area contributed by atoms with E-state index in [4.69, 9.17) is 5.26 Å². The summed E-state index contributed by atoms with van der Waals surface area (Å²) in [5.74, 6) is -1.38. The number of nitrogens with zero attached hydrogens (tertiary/aromatic N) is 2. The van der Waals surface area contributed by atoms with Gasteiger partial charge in [0.2, 0.25) is 5.91 Å². The second kappa shape index (κ2) is 5.33. The first kappa shape index (κ1) is 14.1. The van der Waals surface area contributed by atoms with E-state index < -0.39 is 11.4 Å². The average molecular weight is 272 g/mol. The van der Waals surface area contributed by atoms with Crippen molar-refractivity contribution in [2.75, 3.05) is 7.05 Å². The number of rotatable bonds is 4. The molecule has 0 atom stereocenters. The van der Waals surface area contributed by atoms with Crippen LogP contribution in [0.5, 0.6) is 0 Å². The third-order valence-corrected chi connectivity index (χ3v) is 3.85. The molecule has 1 N–H and O–H groups in total. The van der Waals surface area contributed by atoms with Crippen molar-refractivity contribution in [3.63, 3.8) is 0 Å². The molecule has 1 amide bonds. The quantitative estimate of drug-likeness (QED) is 0.847. The monoisotopic (exact) mass is 272 g/mol. The van der Waals surface area contributed by atoms with Crippen LogP contribution in [-0.2, 0) is 16.1 Å². The minimum Gasteiger partial charge on any atom is -0.480 e. The maximum absolute atomic E-state index is 12.3. The summed E-state index contributed by atoms with van der Waals surface area (Å²) in [5, 5.41) is 18.1. The third kappa shape index (κ3) is 2.37. The smallest absolute Gasteiger partial charge is 0.319 e. The molecule has 0 aliphatic heterocycles. The molecule has 0 unspecified atom stereocenters. The van der Waals surface area contributed by atoms with Gasteiger partial charge in [0.15, 0.2) is 0 Å². The Morgan fingerprint density at radius 1 is 1.45 bits per heavy atom. The molecule has 0 bridgehead atoms. The van der Waals surface area contributed by atoms with Gasteiger partial charge in [-0.1, -0.05) is 18.6 Å². The van der Waals surface area contributed by atoms with Gasteiger partial charge in [-0.25, -0.2) is 0 Å². The van der Waals surface area contributed by atoms with Gasteiger partial charge >= 0.3 is 5.97 Å². The largest absolute Gasteiger partial charge is 0.480 e. The second-order valence-electron chi connectivity index (χ2n) is 5.21. The maximum atomic E-state index is 12.3. The molecule has 2 rings (SSSR count). The van der Waals surface area contributed by atoms with Gasteiger partial charge in [0.25, 0.3) is 0 Å². The fraction of sp³-hybridized carbons (Fsp3) is 0.400. The molecule has 0 spiro atoms. The highest BCUT2D eigenvalue weighted by molar-refractivity contribution is 6.02. The number of carboxylic acid groups (broad SMARTS) is 1. The van der Waals surface area contributed by atoms with E-state index in [9.17, 15) is 14.7 Å². The Bertz CT molecular complexity index is 585. The number of carboxylic acids is 1. The van der Waals surface area contributed by atoms with Crippen LogP contribution in [0.1, 0.15) is 30.4 Å². The van der Waals surface area contributed by atoms with E-state index in [1.54, 1.807) is 25.2 Å². The van der Waals surface area contributed by atoms with E-state index in [0.29, 0.717) is 24.9 Å². The molecular formula is C15H16N2O3. The van der Waals surface area contributed by atoms with Crippen LogP contribution in [0.3, 0.4) is 0 Å². The average Bonchev–Trinajstić information content (AvgIpc) is 2.37. The van der Waals surface area contributed by atoms with E-state index in [2.05, 4.69) is 0 Å². The van der Waals surface area contributed by atoms with Gasteiger partial charge in [-0.2, -0.15) is 5.26 Å². The van der Waals surface area contributed by atoms with Crippen LogP contribution in [0.25, 0.3) is 0 Å². The van der Waals surface area contributed by atoms with E-state index >= 15 is 0 Å². The lowest BCUT2D eigenvalue weighted by molar-refractivity contribution is -0.167. The van der Waals surface area contributed by atoms with Gasteiger partial charge in [-0.05, 0) is 30.5 Å². The maximum Gasteiger partial charge on any atom is 0.319 e. The van der Waals surface area contributed by atoms with E-state index in [1.165, 1.54) is 4.90 Å². The van der Waals surface area contributed by atoms with Crippen molar-refractivity contribution in [2.24, 2.45) is 5.41 Å². The highest BCUT2D eigenvalue weighted by Gasteiger charge is 2.52. The van der Waals surface area contributed by atoms with E-state index in [-0.39, 0.29) is 5.91 Å². The Labute approximate surface area is 117 Å². The van der Waals surface area contributed by atoms with Crippen molar-refractivity contribution in [1.82, 2.24) is 4.90 Å². The Balaban J connectivity index is 2.12. The van der Waals surface area contributed by atoms with Crippen LogP contribution < -0.4 is 0 Å². The van der Waals surface area contributed by atoms with E-state index in [0.717, 1.165) is 12.0 Å². The number of hydrogen-bond donors (Lipinski definition) is 1. The number of carbonyl (C=O) groups is 2. The summed E-state index contributed by atoms with van der Waals surface area (Å²) < 4.78 is 0. The number of amides is 1. The van der Waals surface area contributed by atoms with Gasteiger partial charge in [0.05, 0.1) is 11.6 Å². The van der Waals surface area contributed by atoms with Gasteiger partial charge in [0, 0.05) is 13.6 Å². The Morgan fingerprint density at radius 3 is 2.65 bits per heavy atom. The molecular weight excluding hydrogens is 256 g/mol. The SMILES string of the molecule is CN(Cc1cccc(C#N)c1)C(=O)C1(C(=O)O)CCC1. The zero-order chi connectivity index (χ0) is 14.8. The van der Waals surface area contributed by atoms with Crippen molar-refractivity contribution >= 4 is 11.9 Å². The molecule has 0 heterocycles. The normalized spacial score (nSPS) is 15.8. The molecule has 5 heteroatoms. The van der Waals surface area contributed by atoms with Crippen molar-refractivity contribution in [3.05, 3.63) is 35.4 Å². The van der Waals surface area contributed by atoms with Gasteiger partial charge in [0.1, 0.15) is 5.41 Å². The van der Waals surface area contributed by atoms with Gasteiger partial charge in [-0.3, -0.25) is 9.59 Å². The van der Waals surface area contributed by atoms with Crippen LogP contribution in [0.2, 0.25) is 0 Å². The fourth-order valence-electron chi connectivity index (χ4n) is 2.50. The molecule has 0 saturated heterocycles. The molecule has 1 saturated carbocycles. The lowest BCUT2D eigenvalue weighted by atomic mass is 9.68. The van der Waals surface area contributed by atoms with Crippen molar-refractivity contribution in [1.29, 1.82) is 5.26 Å². The molecule has 1 aromatic rings. The van der Waals surface area contributed by atoms with Crippen LogP contribution in [0.15, 0.2) is 24.3 Å². The molecule has 1 fully saturated rings. The topological polar surface area (TPSA) is 81.4 Å². The van der Waals surface area contributed by atoms with Gasteiger partial charge < -0.3 is 10.0 Å². The molecule has 104 valence electrons. The highest BCUT2D eigenvalue weighted by atomic mass is 16.4. The highest BCUT2D eigenvalue weighted by Crippen LogP contribution is 2.42. The summed E-state index contributed by atoms with van der Waals surface area (Å²) in [6.45, 7) is 0.309. The Kier molecular flexibility index (Phi) is 3.75. The first-order valence-corrected chi connectivity index (χ1v) is 6.47. The Morgan fingerprint density at radius 2 is 2.15 bits per heavy atom. The predicted molar refractivity (Wildman–Crippen MR) is 71.6 cm³/mol.